The molecule has 12 nitrogen and oxygen atoms in total. The molecule has 1 fully saturated rings. The summed E-state index contributed by atoms with van der Waals surface area (Å²) in [5, 5.41) is 9.69. The van der Waals surface area contributed by atoms with E-state index in [0.29, 0.717) is 35.3 Å². The van der Waals surface area contributed by atoms with Crippen LogP contribution in [-0.2, 0) is 27.2 Å². The highest BCUT2D eigenvalue weighted by atomic mass is 16.6. The number of pyridine rings is 1. The second kappa shape index (κ2) is 15.5. The normalized spacial score (nSPS) is 15.5. The second-order valence-electron chi connectivity index (χ2n) is 13.3. The monoisotopic (exact) mass is 659 g/mol. The predicted octanol–water partition coefficient (Wildman–Crippen LogP) is 5.59. The van der Waals surface area contributed by atoms with Gasteiger partial charge in [-0.15, -0.1) is 0 Å². The fraction of sp³-hybridized carbons (Fsp3) is 0.528. The van der Waals surface area contributed by atoms with Crippen LogP contribution in [0.25, 0.3) is 0 Å². The zero-order chi connectivity index (χ0) is 34.3. The van der Waals surface area contributed by atoms with Crippen LogP contribution in [0, 0.1) is 5.92 Å². The number of methoxy groups -OCH3 is 2. The van der Waals surface area contributed by atoms with Crippen LogP contribution >= 0.6 is 0 Å². The molecular formula is C36H49N7O5. The Morgan fingerprint density at radius 1 is 1.06 bits per heavy atom. The van der Waals surface area contributed by atoms with Gasteiger partial charge in [-0.2, -0.15) is 0 Å². The second-order valence-corrected chi connectivity index (χ2v) is 13.3. The summed E-state index contributed by atoms with van der Waals surface area (Å²) in [7, 11) is 3.08. The number of benzene rings is 1. The molecule has 1 amide bonds. The van der Waals surface area contributed by atoms with Crippen LogP contribution in [0.5, 0.6) is 11.5 Å². The van der Waals surface area contributed by atoms with E-state index in [0.717, 1.165) is 68.2 Å². The number of hydrogen-bond acceptors (Lipinski definition) is 11. The highest BCUT2D eigenvalue weighted by Crippen LogP contribution is 2.34. The van der Waals surface area contributed by atoms with Crippen molar-refractivity contribution in [2.45, 2.75) is 77.7 Å². The standard InChI is InChI=1S/C36H49N7O5/c1-7-27-33(39-22-40-34(27)43-17-14-23(15-18-43)28-12-10-24-9-8-16-37-32(24)42-28)38-21-25(35(45)48-36(2,3)4)19-31(44)41-26-11-13-29(46-5)30(20-26)47-6/h10-13,20,22-23,25H,7-9,14-19,21H2,1-6H3,(H,37,42)(H,41,44)(H,38,39,40)/t25-/m0/s1. The lowest BCUT2D eigenvalue weighted by molar-refractivity contribution is -0.160. The number of esters is 1. The first-order valence-corrected chi connectivity index (χ1v) is 16.9. The molecule has 5 rings (SSSR count). The lowest BCUT2D eigenvalue weighted by Crippen LogP contribution is -2.35. The Bertz CT molecular complexity index is 1580. The molecule has 2 aliphatic heterocycles. The number of ether oxygens (including phenoxy) is 3. The molecule has 0 spiro atoms. The van der Waals surface area contributed by atoms with Gasteiger partial charge in [0.15, 0.2) is 11.5 Å². The number of anilines is 4. The largest absolute Gasteiger partial charge is 0.493 e. The van der Waals surface area contributed by atoms with E-state index in [1.54, 1.807) is 31.6 Å². The fourth-order valence-electron chi connectivity index (χ4n) is 6.30. The van der Waals surface area contributed by atoms with Crippen LogP contribution in [0.2, 0.25) is 0 Å². The van der Waals surface area contributed by atoms with Crippen molar-refractivity contribution in [3.63, 3.8) is 0 Å². The van der Waals surface area contributed by atoms with Crippen LogP contribution in [0.15, 0.2) is 36.7 Å². The Kier molecular flexibility index (Phi) is 11.2. The fourth-order valence-corrected chi connectivity index (χ4v) is 6.30. The molecule has 3 aromatic rings. The van der Waals surface area contributed by atoms with Gasteiger partial charge in [0.25, 0.3) is 0 Å². The van der Waals surface area contributed by atoms with E-state index in [1.165, 1.54) is 12.7 Å². The van der Waals surface area contributed by atoms with E-state index in [4.69, 9.17) is 24.2 Å². The molecule has 0 radical (unpaired) electrons. The molecular weight excluding hydrogens is 610 g/mol. The maximum absolute atomic E-state index is 13.3. The van der Waals surface area contributed by atoms with Crippen LogP contribution in [0.4, 0.5) is 23.1 Å². The number of amides is 1. The van der Waals surface area contributed by atoms with Crippen molar-refractivity contribution in [3.8, 4) is 11.5 Å². The van der Waals surface area contributed by atoms with Crippen molar-refractivity contribution in [2.75, 3.05) is 61.2 Å². The van der Waals surface area contributed by atoms with Gasteiger partial charge in [-0.3, -0.25) is 9.59 Å². The Morgan fingerprint density at radius 2 is 1.83 bits per heavy atom. The van der Waals surface area contributed by atoms with Crippen molar-refractivity contribution in [2.24, 2.45) is 5.92 Å². The maximum Gasteiger partial charge on any atom is 0.311 e. The highest BCUT2D eigenvalue weighted by Gasteiger charge is 2.29. The van der Waals surface area contributed by atoms with Gasteiger partial charge in [-0.25, -0.2) is 15.0 Å². The van der Waals surface area contributed by atoms with E-state index in [2.05, 4.69) is 44.9 Å². The summed E-state index contributed by atoms with van der Waals surface area (Å²) in [6.07, 6.45) is 6.38. The molecule has 258 valence electrons. The van der Waals surface area contributed by atoms with Gasteiger partial charge >= 0.3 is 5.97 Å². The summed E-state index contributed by atoms with van der Waals surface area (Å²) < 4.78 is 16.4. The summed E-state index contributed by atoms with van der Waals surface area (Å²) in [5.74, 6) is 2.49. The number of piperidine rings is 1. The van der Waals surface area contributed by atoms with E-state index in [1.807, 2.05) is 20.8 Å². The third-order valence-corrected chi connectivity index (χ3v) is 8.76. The number of carbonyl (C=O) groups excluding carboxylic acids is 2. The minimum atomic E-state index is -0.762. The minimum absolute atomic E-state index is 0.0879. The first-order valence-electron chi connectivity index (χ1n) is 16.9. The minimum Gasteiger partial charge on any atom is -0.493 e. The average molecular weight is 660 g/mol. The molecule has 1 atom stereocenters. The number of nitrogens with zero attached hydrogens (tertiary/aromatic N) is 4. The Balaban J connectivity index is 1.25. The third-order valence-electron chi connectivity index (χ3n) is 8.76. The van der Waals surface area contributed by atoms with Crippen LogP contribution in [-0.4, -0.2) is 72.8 Å². The van der Waals surface area contributed by atoms with Gasteiger partial charge in [0.1, 0.15) is 29.4 Å². The summed E-state index contributed by atoms with van der Waals surface area (Å²) >= 11 is 0. The van der Waals surface area contributed by atoms with Gasteiger partial charge in [0.05, 0.1) is 20.1 Å². The van der Waals surface area contributed by atoms with E-state index in [-0.39, 0.29) is 18.9 Å². The van der Waals surface area contributed by atoms with Crippen molar-refractivity contribution in [3.05, 3.63) is 53.5 Å². The number of rotatable bonds is 12. The molecule has 0 unspecified atom stereocenters. The Labute approximate surface area is 283 Å². The molecule has 3 N–H and O–H groups in total. The van der Waals surface area contributed by atoms with Crippen LogP contribution in [0.1, 0.15) is 76.1 Å². The molecule has 12 heteroatoms. The average Bonchev–Trinajstić information content (AvgIpc) is 3.08. The Morgan fingerprint density at radius 3 is 2.54 bits per heavy atom. The lowest BCUT2D eigenvalue weighted by Gasteiger charge is -2.34. The maximum atomic E-state index is 13.3. The van der Waals surface area contributed by atoms with Gasteiger partial charge < -0.3 is 35.1 Å². The molecule has 0 saturated carbocycles. The summed E-state index contributed by atoms with van der Waals surface area (Å²) in [6, 6.07) is 9.55. The topological polar surface area (TPSA) is 140 Å². The van der Waals surface area contributed by atoms with E-state index in [9.17, 15) is 9.59 Å². The number of fused-ring (bicyclic) bond motifs is 1. The van der Waals surface area contributed by atoms with Crippen molar-refractivity contribution in [1.29, 1.82) is 0 Å². The predicted molar refractivity (Wildman–Crippen MR) is 187 cm³/mol. The first-order chi connectivity index (χ1) is 23.1. The van der Waals surface area contributed by atoms with Crippen molar-refractivity contribution >= 4 is 35.0 Å². The number of hydrogen-bond donors (Lipinski definition) is 3. The van der Waals surface area contributed by atoms with E-state index < -0.39 is 17.5 Å². The number of aryl methyl sites for hydroxylation is 1. The van der Waals surface area contributed by atoms with Gasteiger partial charge in [-0.1, -0.05) is 13.0 Å². The summed E-state index contributed by atoms with van der Waals surface area (Å²) in [6.45, 7) is 10.4. The van der Waals surface area contributed by atoms with Crippen molar-refractivity contribution in [1.82, 2.24) is 15.0 Å². The summed E-state index contributed by atoms with van der Waals surface area (Å²) in [5.41, 5.74) is 3.27. The quantitative estimate of drug-likeness (QED) is 0.210. The highest BCUT2D eigenvalue weighted by molar-refractivity contribution is 5.93. The van der Waals surface area contributed by atoms with Crippen LogP contribution < -0.4 is 30.3 Å². The van der Waals surface area contributed by atoms with Crippen LogP contribution in [0.3, 0.4) is 0 Å². The molecule has 0 bridgehead atoms. The van der Waals surface area contributed by atoms with E-state index >= 15 is 0 Å². The van der Waals surface area contributed by atoms with Gasteiger partial charge in [-0.05, 0) is 76.6 Å². The molecule has 1 saturated heterocycles. The number of aromatic nitrogens is 3. The first kappa shape index (κ1) is 34.7. The number of nitrogens with one attached hydrogen (secondary N) is 3. The molecule has 2 aromatic heterocycles. The Hall–Kier alpha value is -4.61. The number of carbonyl (C=O) groups is 2. The zero-order valence-electron chi connectivity index (χ0n) is 29.0. The molecule has 1 aromatic carbocycles. The zero-order valence-corrected chi connectivity index (χ0v) is 29.0. The lowest BCUT2D eigenvalue weighted by atomic mass is 9.92. The SMILES string of the molecule is CCc1c(NC[C@H](CC(=O)Nc2ccc(OC)c(OC)c2)C(=O)OC(C)(C)C)ncnc1N1CCC(c2ccc3c(n2)NCCC3)CC1. The van der Waals surface area contributed by atoms with Crippen molar-refractivity contribution < 1.29 is 23.8 Å². The summed E-state index contributed by atoms with van der Waals surface area (Å²) in [4.78, 5) is 43.0. The molecule has 0 aliphatic carbocycles. The third kappa shape index (κ3) is 8.64. The molecule has 4 heterocycles. The molecule has 48 heavy (non-hydrogen) atoms. The van der Waals surface area contributed by atoms with Gasteiger partial charge in [0, 0.05) is 61.5 Å². The molecule has 2 aliphatic rings. The van der Waals surface area contributed by atoms with Gasteiger partial charge in [0.2, 0.25) is 5.91 Å². The smallest absolute Gasteiger partial charge is 0.311 e.